The Bertz CT molecular complexity index is 806. The summed E-state index contributed by atoms with van der Waals surface area (Å²) < 4.78 is 40.8. The third-order valence-corrected chi connectivity index (χ3v) is 3.20. The molecule has 0 bridgehead atoms. The lowest BCUT2D eigenvalue weighted by Crippen LogP contribution is -2.34. The number of urea groups is 1. The summed E-state index contributed by atoms with van der Waals surface area (Å²) in [7, 11) is 0. The topological polar surface area (TPSA) is 92.4 Å². The van der Waals surface area contributed by atoms with Crippen LogP contribution in [0.3, 0.4) is 0 Å². The van der Waals surface area contributed by atoms with E-state index >= 15 is 0 Å². The number of hydrogen-bond donors (Lipinski definition) is 3. The summed E-state index contributed by atoms with van der Waals surface area (Å²) in [5, 5.41) is 7.95. The number of carbonyl (C=O) groups excluding carboxylic acids is 2. The first-order valence-electron chi connectivity index (χ1n) is 8.27. The monoisotopic (exact) mass is 396 g/mol. The Hall–Kier alpha value is -3.30. The maximum absolute atomic E-state index is 12.2. The minimum absolute atomic E-state index is 0.00239. The molecule has 0 radical (unpaired) electrons. The van der Waals surface area contributed by atoms with Crippen molar-refractivity contribution < 1.29 is 27.5 Å². The Morgan fingerprint density at radius 1 is 1.04 bits per heavy atom. The molecule has 3 amide bonds. The van der Waals surface area contributed by atoms with Gasteiger partial charge in [0.15, 0.2) is 6.61 Å². The van der Waals surface area contributed by atoms with Crippen molar-refractivity contribution in [1.29, 1.82) is 0 Å². The van der Waals surface area contributed by atoms with Gasteiger partial charge >= 0.3 is 12.2 Å². The molecule has 1 heterocycles. The number of aromatic nitrogens is 1. The molecule has 3 N–H and O–H groups in total. The Kier molecular flexibility index (Phi) is 6.80. The molecule has 0 aliphatic carbocycles. The molecule has 1 aromatic heterocycles. The number of nitrogens with one attached hydrogen (secondary N) is 3. The Morgan fingerprint density at radius 3 is 2.14 bits per heavy atom. The molecule has 0 spiro atoms. The number of amides is 3. The third kappa shape index (κ3) is 7.14. The van der Waals surface area contributed by atoms with Crippen molar-refractivity contribution in [2.45, 2.75) is 26.1 Å². The normalized spacial score (nSPS) is 11.1. The van der Waals surface area contributed by atoms with Gasteiger partial charge in [-0.3, -0.25) is 4.79 Å². The number of pyridine rings is 1. The van der Waals surface area contributed by atoms with Crippen molar-refractivity contribution in [3.63, 3.8) is 0 Å². The maximum atomic E-state index is 12.2. The zero-order valence-corrected chi connectivity index (χ0v) is 15.1. The molecule has 0 saturated carbocycles. The van der Waals surface area contributed by atoms with E-state index in [0.29, 0.717) is 11.4 Å². The first-order chi connectivity index (χ1) is 13.1. The highest BCUT2D eigenvalue weighted by molar-refractivity contribution is 6.04. The molecule has 150 valence electrons. The molecule has 1 aromatic carbocycles. The second-order valence-electron chi connectivity index (χ2n) is 6.07. The fraction of sp³-hybridized carbons (Fsp3) is 0.278. The Morgan fingerprint density at radius 2 is 1.64 bits per heavy atom. The minimum atomic E-state index is -4.46. The summed E-state index contributed by atoms with van der Waals surface area (Å²) in [6, 6.07) is 8.56. The molecule has 0 saturated heterocycles. The van der Waals surface area contributed by atoms with Gasteiger partial charge in [-0.1, -0.05) is 0 Å². The van der Waals surface area contributed by atoms with Crippen LogP contribution in [-0.4, -0.2) is 35.7 Å². The molecular formula is C18H19F3N4O3. The van der Waals surface area contributed by atoms with Crippen molar-refractivity contribution in [1.82, 2.24) is 10.3 Å². The minimum Gasteiger partial charge on any atom is -0.468 e. The number of rotatable bonds is 6. The average Bonchev–Trinajstić information content (AvgIpc) is 2.60. The van der Waals surface area contributed by atoms with Gasteiger partial charge in [0.05, 0.1) is 5.56 Å². The van der Waals surface area contributed by atoms with Gasteiger partial charge in [0.25, 0.3) is 5.91 Å². The van der Waals surface area contributed by atoms with Gasteiger partial charge in [-0.25, -0.2) is 9.78 Å². The summed E-state index contributed by atoms with van der Waals surface area (Å²) >= 11 is 0. The van der Waals surface area contributed by atoms with E-state index in [9.17, 15) is 22.8 Å². The highest BCUT2D eigenvalue weighted by Gasteiger charge is 2.28. The van der Waals surface area contributed by atoms with Gasteiger partial charge in [-0.2, -0.15) is 13.2 Å². The van der Waals surface area contributed by atoms with Crippen molar-refractivity contribution in [3.8, 4) is 5.88 Å². The van der Waals surface area contributed by atoms with Gasteiger partial charge in [-0.15, -0.1) is 0 Å². The lowest BCUT2D eigenvalue weighted by Gasteiger charge is -2.11. The molecular weight excluding hydrogens is 377 g/mol. The lowest BCUT2D eigenvalue weighted by molar-refractivity contribution is -0.154. The molecule has 2 aromatic rings. The fourth-order valence-electron chi connectivity index (χ4n) is 2.03. The van der Waals surface area contributed by atoms with Crippen LogP contribution >= 0.6 is 0 Å². The summed E-state index contributed by atoms with van der Waals surface area (Å²) in [6.07, 6.45) is -3.35. The van der Waals surface area contributed by atoms with Gasteiger partial charge < -0.3 is 20.7 Å². The van der Waals surface area contributed by atoms with Gasteiger partial charge in [-0.05, 0) is 44.2 Å². The van der Waals surface area contributed by atoms with Crippen molar-refractivity contribution in [2.75, 3.05) is 17.2 Å². The quantitative estimate of drug-likeness (QED) is 0.692. The molecule has 0 fully saturated rings. The predicted molar refractivity (Wildman–Crippen MR) is 97.5 cm³/mol. The predicted octanol–water partition coefficient (Wildman–Crippen LogP) is 3.80. The Balaban J connectivity index is 1.91. The SMILES string of the molecule is CC(C)NC(=O)Nc1ccc(NC(=O)c2ccc(OCC(F)(F)F)nc2)cc1. The molecule has 7 nitrogen and oxygen atoms in total. The van der Waals surface area contributed by atoms with E-state index in [1.807, 2.05) is 13.8 Å². The van der Waals surface area contributed by atoms with Crippen LogP contribution in [0.4, 0.5) is 29.3 Å². The lowest BCUT2D eigenvalue weighted by atomic mass is 10.2. The number of carbonyl (C=O) groups is 2. The number of nitrogens with zero attached hydrogens (tertiary/aromatic N) is 1. The van der Waals surface area contributed by atoms with E-state index in [1.165, 1.54) is 12.1 Å². The molecule has 0 aliphatic rings. The maximum Gasteiger partial charge on any atom is 0.422 e. The van der Waals surface area contributed by atoms with E-state index in [2.05, 4.69) is 25.7 Å². The first-order valence-corrected chi connectivity index (χ1v) is 8.27. The number of halogens is 3. The van der Waals surface area contributed by atoms with Gasteiger partial charge in [0.2, 0.25) is 5.88 Å². The van der Waals surface area contributed by atoms with Crippen LogP contribution < -0.4 is 20.7 Å². The summed E-state index contributed by atoms with van der Waals surface area (Å²) in [5.74, 6) is -0.725. The Labute approximate surface area is 159 Å². The largest absolute Gasteiger partial charge is 0.468 e. The summed E-state index contributed by atoms with van der Waals surface area (Å²) in [4.78, 5) is 27.5. The highest BCUT2D eigenvalue weighted by atomic mass is 19.4. The van der Waals surface area contributed by atoms with E-state index in [-0.39, 0.29) is 23.5 Å². The molecule has 0 aliphatic heterocycles. The number of hydrogen-bond acceptors (Lipinski definition) is 4. The van der Waals surface area contributed by atoms with Crippen molar-refractivity contribution in [3.05, 3.63) is 48.2 Å². The zero-order valence-electron chi connectivity index (χ0n) is 15.1. The van der Waals surface area contributed by atoms with Gasteiger partial charge in [0, 0.05) is 29.7 Å². The standard InChI is InChI=1S/C18H19F3N4O3/c1-11(2)23-17(27)25-14-6-4-13(5-7-14)24-16(26)12-3-8-15(22-9-12)28-10-18(19,20)21/h3-9,11H,10H2,1-2H3,(H,24,26)(H2,23,25,27). The van der Waals surface area contributed by atoms with Gasteiger partial charge in [0.1, 0.15) is 0 Å². The van der Waals surface area contributed by atoms with Crippen LogP contribution in [0.1, 0.15) is 24.2 Å². The van der Waals surface area contributed by atoms with Crippen LogP contribution in [0, 0.1) is 0 Å². The molecule has 0 atom stereocenters. The molecule has 2 rings (SSSR count). The fourth-order valence-corrected chi connectivity index (χ4v) is 2.03. The molecule has 10 heteroatoms. The number of alkyl halides is 3. The zero-order chi connectivity index (χ0) is 20.7. The summed E-state index contributed by atoms with van der Waals surface area (Å²) in [6.45, 7) is 2.21. The van der Waals surface area contributed by atoms with Crippen LogP contribution in [0.2, 0.25) is 0 Å². The van der Waals surface area contributed by atoms with E-state index < -0.39 is 18.7 Å². The van der Waals surface area contributed by atoms with Crippen LogP contribution in [-0.2, 0) is 0 Å². The molecule has 28 heavy (non-hydrogen) atoms. The van der Waals surface area contributed by atoms with Crippen molar-refractivity contribution >= 4 is 23.3 Å². The second kappa shape index (κ2) is 9.07. The highest BCUT2D eigenvalue weighted by Crippen LogP contribution is 2.18. The smallest absolute Gasteiger partial charge is 0.422 e. The number of ether oxygens (including phenoxy) is 1. The average molecular weight is 396 g/mol. The first kappa shape index (κ1) is 21.0. The van der Waals surface area contributed by atoms with E-state index in [1.54, 1.807) is 24.3 Å². The van der Waals surface area contributed by atoms with Crippen LogP contribution in [0.15, 0.2) is 42.6 Å². The van der Waals surface area contributed by atoms with Crippen molar-refractivity contribution in [2.24, 2.45) is 0 Å². The van der Waals surface area contributed by atoms with E-state index in [4.69, 9.17) is 0 Å². The van der Waals surface area contributed by atoms with E-state index in [0.717, 1.165) is 6.20 Å². The number of benzene rings is 1. The summed E-state index contributed by atoms with van der Waals surface area (Å²) in [5.41, 5.74) is 1.17. The number of anilines is 2. The molecule has 0 unspecified atom stereocenters. The van der Waals surface area contributed by atoms with Crippen LogP contribution in [0.5, 0.6) is 5.88 Å². The third-order valence-electron chi connectivity index (χ3n) is 3.20. The van der Waals surface area contributed by atoms with Crippen LogP contribution in [0.25, 0.3) is 0 Å². The second-order valence-corrected chi connectivity index (χ2v) is 6.07.